The zero-order valence-electron chi connectivity index (χ0n) is 10.5. The molecule has 2 heteroatoms. The first-order valence-electron chi connectivity index (χ1n) is 6.00. The van der Waals surface area contributed by atoms with E-state index in [0.717, 1.165) is 0 Å². The normalized spacial score (nSPS) is 10.6. The molecule has 0 atom stereocenters. The first kappa shape index (κ1) is 12.3. The monoisotopic (exact) mass is 236 g/mol. The SMILES string of the molecule is CN(CC#N)C(c1ccccc1)c1ccccc1. The number of rotatable bonds is 4. The fraction of sp³-hybridized carbons (Fsp3) is 0.188. The zero-order chi connectivity index (χ0) is 12.8. The lowest BCUT2D eigenvalue weighted by molar-refractivity contribution is 0.312. The van der Waals surface area contributed by atoms with E-state index >= 15 is 0 Å². The van der Waals surface area contributed by atoms with E-state index in [9.17, 15) is 0 Å². The van der Waals surface area contributed by atoms with Crippen molar-refractivity contribution in [1.29, 1.82) is 5.26 Å². The summed E-state index contributed by atoms with van der Waals surface area (Å²) < 4.78 is 0. The summed E-state index contributed by atoms with van der Waals surface area (Å²) in [4.78, 5) is 2.06. The van der Waals surface area contributed by atoms with E-state index in [-0.39, 0.29) is 6.04 Å². The molecule has 0 saturated carbocycles. The van der Waals surface area contributed by atoms with E-state index in [1.807, 2.05) is 43.4 Å². The van der Waals surface area contributed by atoms with Gasteiger partial charge in [0.05, 0.1) is 18.7 Å². The molecule has 2 aromatic carbocycles. The van der Waals surface area contributed by atoms with Crippen LogP contribution in [-0.4, -0.2) is 18.5 Å². The van der Waals surface area contributed by atoms with Crippen molar-refractivity contribution >= 4 is 0 Å². The second-order valence-electron chi connectivity index (χ2n) is 4.30. The van der Waals surface area contributed by atoms with Gasteiger partial charge in [-0.05, 0) is 18.2 Å². The summed E-state index contributed by atoms with van der Waals surface area (Å²) in [7, 11) is 1.98. The summed E-state index contributed by atoms with van der Waals surface area (Å²) in [6, 6.07) is 22.9. The van der Waals surface area contributed by atoms with Crippen molar-refractivity contribution in [3.8, 4) is 6.07 Å². The van der Waals surface area contributed by atoms with Gasteiger partial charge in [-0.15, -0.1) is 0 Å². The Balaban J connectivity index is 2.39. The summed E-state index contributed by atoms with van der Waals surface area (Å²) in [5.41, 5.74) is 2.42. The quantitative estimate of drug-likeness (QED) is 0.762. The van der Waals surface area contributed by atoms with Gasteiger partial charge >= 0.3 is 0 Å². The predicted molar refractivity (Wildman–Crippen MR) is 73.0 cm³/mol. The van der Waals surface area contributed by atoms with Crippen molar-refractivity contribution in [3.63, 3.8) is 0 Å². The molecule has 90 valence electrons. The maximum absolute atomic E-state index is 8.89. The van der Waals surface area contributed by atoms with Gasteiger partial charge in [0.2, 0.25) is 0 Å². The minimum absolute atomic E-state index is 0.132. The Kier molecular flexibility index (Phi) is 4.11. The first-order valence-corrected chi connectivity index (χ1v) is 6.00. The van der Waals surface area contributed by atoms with Crippen LogP contribution in [0.4, 0.5) is 0 Å². The highest BCUT2D eigenvalue weighted by Crippen LogP contribution is 2.26. The second-order valence-corrected chi connectivity index (χ2v) is 4.30. The standard InChI is InChI=1S/C16H16N2/c1-18(13-12-17)16(14-8-4-2-5-9-14)15-10-6-3-7-11-15/h2-11,16H,13H2,1H3. The molecule has 0 aliphatic rings. The van der Waals surface area contributed by atoms with Gasteiger partial charge in [-0.1, -0.05) is 60.7 Å². The summed E-state index contributed by atoms with van der Waals surface area (Å²) in [6.07, 6.45) is 0. The molecule has 0 spiro atoms. The largest absolute Gasteiger partial charge is 0.282 e. The fourth-order valence-corrected chi connectivity index (χ4v) is 2.17. The summed E-state index contributed by atoms with van der Waals surface area (Å²) in [5.74, 6) is 0. The van der Waals surface area contributed by atoms with Gasteiger partial charge in [0, 0.05) is 0 Å². The number of nitriles is 1. The van der Waals surface area contributed by atoms with Crippen molar-refractivity contribution < 1.29 is 0 Å². The molecule has 0 unspecified atom stereocenters. The zero-order valence-corrected chi connectivity index (χ0v) is 10.5. The highest BCUT2D eigenvalue weighted by atomic mass is 15.1. The average molecular weight is 236 g/mol. The van der Waals surface area contributed by atoms with Crippen LogP contribution in [0.1, 0.15) is 17.2 Å². The molecule has 0 heterocycles. The lowest BCUT2D eigenvalue weighted by atomic mass is 9.97. The summed E-state index contributed by atoms with van der Waals surface area (Å²) >= 11 is 0. The van der Waals surface area contributed by atoms with Crippen LogP contribution in [0.3, 0.4) is 0 Å². The van der Waals surface area contributed by atoms with Crippen molar-refractivity contribution in [2.45, 2.75) is 6.04 Å². The molecule has 0 fully saturated rings. The summed E-state index contributed by atoms with van der Waals surface area (Å²) in [5, 5.41) is 8.89. The average Bonchev–Trinajstić information content (AvgIpc) is 2.42. The molecule has 0 bridgehead atoms. The number of benzene rings is 2. The Hall–Kier alpha value is -2.11. The fourth-order valence-electron chi connectivity index (χ4n) is 2.17. The van der Waals surface area contributed by atoms with Crippen LogP contribution in [0.2, 0.25) is 0 Å². The van der Waals surface area contributed by atoms with Crippen molar-refractivity contribution in [2.75, 3.05) is 13.6 Å². The van der Waals surface area contributed by atoms with E-state index in [1.165, 1.54) is 11.1 Å². The molecule has 0 saturated heterocycles. The van der Waals surface area contributed by atoms with Gasteiger partial charge in [-0.25, -0.2) is 0 Å². The van der Waals surface area contributed by atoms with Crippen LogP contribution in [0.25, 0.3) is 0 Å². The minimum Gasteiger partial charge on any atom is -0.282 e. The molecule has 0 N–H and O–H groups in total. The Labute approximate surface area is 108 Å². The number of hydrogen-bond donors (Lipinski definition) is 0. The minimum atomic E-state index is 0.132. The van der Waals surface area contributed by atoms with Crippen LogP contribution < -0.4 is 0 Å². The van der Waals surface area contributed by atoms with E-state index < -0.39 is 0 Å². The van der Waals surface area contributed by atoms with Crippen molar-refractivity contribution in [3.05, 3.63) is 71.8 Å². The van der Waals surface area contributed by atoms with Crippen LogP contribution in [0.5, 0.6) is 0 Å². The first-order chi connectivity index (χ1) is 8.83. The lowest BCUT2D eigenvalue weighted by Crippen LogP contribution is -2.25. The van der Waals surface area contributed by atoms with Crippen molar-refractivity contribution in [2.24, 2.45) is 0 Å². The van der Waals surface area contributed by atoms with Crippen LogP contribution in [-0.2, 0) is 0 Å². The van der Waals surface area contributed by atoms with E-state index in [0.29, 0.717) is 6.54 Å². The number of nitrogens with zero attached hydrogens (tertiary/aromatic N) is 2. The third-order valence-corrected chi connectivity index (χ3v) is 2.99. The van der Waals surface area contributed by atoms with Gasteiger partial charge in [0.1, 0.15) is 0 Å². The molecule has 2 aromatic rings. The molecule has 18 heavy (non-hydrogen) atoms. The molecule has 0 aliphatic carbocycles. The van der Waals surface area contributed by atoms with Gasteiger partial charge < -0.3 is 0 Å². The number of hydrogen-bond acceptors (Lipinski definition) is 2. The smallest absolute Gasteiger partial charge is 0.0871 e. The Morgan fingerprint density at radius 2 is 1.39 bits per heavy atom. The maximum Gasteiger partial charge on any atom is 0.0871 e. The Morgan fingerprint density at radius 3 is 1.78 bits per heavy atom. The van der Waals surface area contributed by atoms with Crippen LogP contribution in [0, 0.1) is 11.3 Å². The van der Waals surface area contributed by atoms with Gasteiger partial charge in [-0.3, -0.25) is 4.90 Å². The molecule has 2 nitrogen and oxygen atoms in total. The molecular formula is C16H16N2. The topological polar surface area (TPSA) is 27.0 Å². The molecule has 0 aliphatic heterocycles. The second kappa shape index (κ2) is 6.00. The Morgan fingerprint density at radius 1 is 0.944 bits per heavy atom. The van der Waals surface area contributed by atoms with Gasteiger partial charge in [0.25, 0.3) is 0 Å². The van der Waals surface area contributed by atoms with Gasteiger partial charge in [0.15, 0.2) is 0 Å². The Bertz CT molecular complexity index is 474. The van der Waals surface area contributed by atoms with Crippen molar-refractivity contribution in [1.82, 2.24) is 4.90 Å². The summed E-state index contributed by atoms with van der Waals surface area (Å²) in [6.45, 7) is 0.411. The lowest BCUT2D eigenvalue weighted by Gasteiger charge is -2.26. The highest BCUT2D eigenvalue weighted by Gasteiger charge is 2.18. The van der Waals surface area contributed by atoms with Crippen LogP contribution >= 0.6 is 0 Å². The molecule has 0 aromatic heterocycles. The van der Waals surface area contributed by atoms with Gasteiger partial charge in [-0.2, -0.15) is 5.26 Å². The van der Waals surface area contributed by atoms with Crippen LogP contribution in [0.15, 0.2) is 60.7 Å². The molecule has 0 radical (unpaired) electrons. The van der Waals surface area contributed by atoms with E-state index in [1.54, 1.807) is 0 Å². The third-order valence-electron chi connectivity index (χ3n) is 2.99. The van der Waals surface area contributed by atoms with E-state index in [4.69, 9.17) is 5.26 Å². The molecule has 2 rings (SSSR count). The van der Waals surface area contributed by atoms with E-state index in [2.05, 4.69) is 35.2 Å². The maximum atomic E-state index is 8.89. The predicted octanol–water partition coefficient (Wildman–Crippen LogP) is 3.23. The molecular weight excluding hydrogens is 220 g/mol. The molecule has 0 amide bonds. The third kappa shape index (κ3) is 2.77. The highest BCUT2D eigenvalue weighted by molar-refractivity contribution is 5.31.